The maximum Gasteiger partial charge on any atom is 0.434 e. The number of hydrogen-bond acceptors (Lipinski definition) is 0. The van der Waals surface area contributed by atoms with Crippen LogP contribution in [0.3, 0.4) is 0 Å². The van der Waals surface area contributed by atoms with Gasteiger partial charge in [0.15, 0.2) is 0 Å². The minimum Gasteiger partial charge on any atom is -0.164 e. The Hall–Kier alpha value is -1.12. The van der Waals surface area contributed by atoms with Crippen LogP contribution in [-0.2, 0) is 0 Å². The van der Waals surface area contributed by atoms with E-state index in [-0.39, 0.29) is 0 Å². The normalized spacial score (nSPS) is 18.2. The van der Waals surface area contributed by atoms with Gasteiger partial charge in [0.1, 0.15) is 5.57 Å². The molecule has 3 heteroatoms. The third-order valence-corrected chi connectivity index (χ3v) is 1.46. The molecule has 0 atom stereocenters. The quantitative estimate of drug-likeness (QED) is 0.493. The van der Waals surface area contributed by atoms with E-state index < -0.39 is 11.7 Å². The van der Waals surface area contributed by atoms with Crippen molar-refractivity contribution in [2.75, 3.05) is 0 Å². The fraction of sp³-hybridized carbons (Fsp3) is 0.222. The second-order valence-corrected chi connectivity index (χ2v) is 2.71. The highest BCUT2D eigenvalue weighted by atomic mass is 19.4. The zero-order chi connectivity index (χ0) is 9.35. The van der Waals surface area contributed by atoms with Crippen LogP contribution in [0.4, 0.5) is 13.2 Å². The van der Waals surface area contributed by atoms with Gasteiger partial charge >= 0.3 is 6.18 Å². The number of rotatable bonds is 0. The molecule has 0 aromatic heterocycles. The highest BCUT2D eigenvalue weighted by molar-refractivity contribution is 5.48. The molecule has 0 aromatic rings. The lowest BCUT2D eigenvalue weighted by Gasteiger charge is -2.09. The standard InChI is InChI=1S/C9H8F3/c1-6-3-7(2)5-8(4-6)9(10,11)12/h3-5H,1H2,2H3/q+1. The first-order chi connectivity index (χ1) is 5.39. The summed E-state index contributed by atoms with van der Waals surface area (Å²) in [6.45, 7) is 5.07. The topological polar surface area (TPSA) is 0 Å². The molecule has 0 unspecified atom stereocenters. The summed E-state index contributed by atoms with van der Waals surface area (Å²) in [7, 11) is 0. The van der Waals surface area contributed by atoms with Crippen LogP contribution in [-0.4, -0.2) is 6.18 Å². The maximum absolute atomic E-state index is 12.1. The molecule has 0 N–H and O–H groups in total. The molecule has 0 aromatic carbocycles. The Kier molecular flexibility index (Phi) is 2.04. The fourth-order valence-corrected chi connectivity index (χ4v) is 1.03. The molecule has 0 amide bonds. The van der Waals surface area contributed by atoms with Crippen LogP contribution >= 0.6 is 0 Å². The van der Waals surface area contributed by atoms with E-state index in [2.05, 4.69) is 6.58 Å². The van der Waals surface area contributed by atoms with E-state index in [0.29, 0.717) is 11.1 Å². The lowest BCUT2D eigenvalue weighted by atomic mass is 9.97. The van der Waals surface area contributed by atoms with Crippen LogP contribution in [0.5, 0.6) is 0 Å². The second-order valence-electron chi connectivity index (χ2n) is 2.71. The SMILES string of the molecule is C=C1C=C(C)C=C(C(F)(F)F)[CH+]1. The van der Waals surface area contributed by atoms with Crippen molar-refractivity contribution in [1.82, 2.24) is 0 Å². The highest BCUT2D eigenvalue weighted by Gasteiger charge is 2.38. The third-order valence-electron chi connectivity index (χ3n) is 1.46. The molecule has 0 spiro atoms. The molecule has 0 bridgehead atoms. The number of allylic oxidation sites excluding steroid dienone is 5. The summed E-state index contributed by atoms with van der Waals surface area (Å²) in [5, 5.41) is 0. The van der Waals surface area contributed by atoms with E-state index in [9.17, 15) is 13.2 Å². The van der Waals surface area contributed by atoms with Gasteiger partial charge in [-0.1, -0.05) is 0 Å². The lowest BCUT2D eigenvalue weighted by Crippen LogP contribution is -2.14. The first-order valence-electron chi connectivity index (χ1n) is 3.40. The molecule has 0 saturated carbocycles. The molecule has 12 heavy (non-hydrogen) atoms. The van der Waals surface area contributed by atoms with Gasteiger partial charge in [0, 0.05) is 24.1 Å². The smallest absolute Gasteiger partial charge is 0.164 e. The minimum absolute atomic E-state index is 0.391. The van der Waals surface area contributed by atoms with Gasteiger partial charge < -0.3 is 0 Å². The Morgan fingerprint density at radius 2 is 1.92 bits per heavy atom. The molecule has 0 aliphatic heterocycles. The Morgan fingerprint density at radius 3 is 2.33 bits per heavy atom. The average Bonchev–Trinajstić information content (AvgIpc) is 1.82. The van der Waals surface area contributed by atoms with E-state index in [1.54, 1.807) is 13.0 Å². The largest absolute Gasteiger partial charge is 0.434 e. The van der Waals surface area contributed by atoms with Crippen LogP contribution in [0, 0.1) is 6.42 Å². The van der Waals surface area contributed by atoms with E-state index in [4.69, 9.17) is 0 Å². The summed E-state index contributed by atoms with van der Waals surface area (Å²) in [5.41, 5.74) is 0.338. The van der Waals surface area contributed by atoms with Gasteiger partial charge in [0.05, 0.1) is 5.57 Å². The van der Waals surface area contributed by atoms with Gasteiger partial charge in [-0.15, -0.1) is 0 Å². The summed E-state index contributed by atoms with van der Waals surface area (Å²) >= 11 is 0. The van der Waals surface area contributed by atoms with Crippen molar-refractivity contribution in [3.63, 3.8) is 0 Å². The van der Waals surface area contributed by atoms with Gasteiger partial charge in [-0.05, 0) is 13.5 Å². The van der Waals surface area contributed by atoms with E-state index in [1.165, 1.54) is 0 Å². The number of alkyl halides is 3. The van der Waals surface area contributed by atoms with Crippen molar-refractivity contribution < 1.29 is 13.2 Å². The van der Waals surface area contributed by atoms with Crippen molar-refractivity contribution in [3.8, 4) is 0 Å². The first-order valence-corrected chi connectivity index (χ1v) is 3.40. The van der Waals surface area contributed by atoms with Crippen LogP contribution in [0.25, 0.3) is 0 Å². The Labute approximate surface area is 69.1 Å². The van der Waals surface area contributed by atoms with Gasteiger partial charge in [-0.25, -0.2) is 0 Å². The van der Waals surface area contributed by atoms with E-state index >= 15 is 0 Å². The Balaban J connectivity index is 2.95. The molecular formula is C9H8F3+. The summed E-state index contributed by atoms with van der Waals surface area (Å²) < 4.78 is 36.4. The average molecular weight is 173 g/mol. The Morgan fingerprint density at radius 1 is 1.33 bits per heavy atom. The van der Waals surface area contributed by atoms with Crippen molar-refractivity contribution in [1.29, 1.82) is 0 Å². The van der Waals surface area contributed by atoms with Crippen LogP contribution in [0.15, 0.2) is 35.5 Å². The van der Waals surface area contributed by atoms with Crippen molar-refractivity contribution >= 4 is 0 Å². The summed E-state index contributed by atoms with van der Waals surface area (Å²) in [4.78, 5) is 0. The highest BCUT2D eigenvalue weighted by Crippen LogP contribution is 2.33. The molecule has 1 aliphatic rings. The maximum atomic E-state index is 12.1. The predicted octanol–water partition coefficient (Wildman–Crippen LogP) is 3.20. The molecule has 1 rings (SSSR count). The molecular weight excluding hydrogens is 165 g/mol. The zero-order valence-electron chi connectivity index (χ0n) is 6.57. The molecule has 0 heterocycles. The van der Waals surface area contributed by atoms with Crippen LogP contribution in [0.1, 0.15) is 6.92 Å². The summed E-state index contributed by atoms with van der Waals surface area (Å²) in [5.74, 6) is 0. The minimum atomic E-state index is -4.27. The summed E-state index contributed by atoms with van der Waals surface area (Å²) in [6, 6.07) is 0. The molecule has 0 fully saturated rings. The number of halogens is 3. The molecule has 0 saturated heterocycles. The second kappa shape index (κ2) is 2.73. The van der Waals surface area contributed by atoms with Gasteiger partial charge in [-0.2, -0.15) is 13.2 Å². The Bertz CT molecular complexity index is 266. The van der Waals surface area contributed by atoms with Crippen molar-refractivity contribution in [2.24, 2.45) is 0 Å². The van der Waals surface area contributed by atoms with Crippen molar-refractivity contribution in [2.45, 2.75) is 13.1 Å². The van der Waals surface area contributed by atoms with Crippen LogP contribution < -0.4 is 0 Å². The van der Waals surface area contributed by atoms with Crippen LogP contribution in [0.2, 0.25) is 0 Å². The number of hydrogen-bond donors (Lipinski definition) is 0. The lowest BCUT2D eigenvalue weighted by molar-refractivity contribution is -0.0896. The van der Waals surface area contributed by atoms with E-state index in [1.807, 2.05) is 0 Å². The fourth-order valence-electron chi connectivity index (χ4n) is 1.03. The van der Waals surface area contributed by atoms with Gasteiger partial charge in [-0.3, -0.25) is 0 Å². The molecule has 64 valence electrons. The summed E-state index contributed by atoms with van der Waals surface area (Å²) in [6.07, 6.45) is -0.518. The van der Waals surface area contributed by atoms with Gasteiger partial charge in [0.2, 0.25) is 0 Å². The monoisotopic (exact) mass is 173 g/mol. The van der Waals surface area contributed by atoms with E-state index in [0.717, 1.165) is 12.5 Å². The predicted molar refractivity (Wildman–Crippen MR) is 41.3 cm³/mol. The first kappa shape index (κ1) is 8.97. The van der Waals surface area contributed by atoms with Crippen molar-refractivity contribution in [3.05, 3.63) is 41.9 Å². The molecule has 1 aliphatic carbocycles. The zero-order valence-corrected chi connectivity index (χ0v) is 6.57. The molecule has 0 nitrogen and oxygen atoms in total. The van der Waals surface area contributed by atoms with Gasteiger partial charge in [0.25, 0.3) is 0 Å². The third kappa shape index (κ3) is 1.94. The molecule has 0 radical (unpaired) electrons.